The number of pyridine rings is 1. The van der Waals surface area contributed by atoms with Crippen LogP contribution >= 0.6 is 0 Å². The smallest absolute Gasteiger partial charge is 0.352 e. The van der Waals surface area contributed by atoms with Crippen molar-refractivity contribution in [3.05, 3.63) is 29.8 Å². The van der Waals surface area contributed by atoms with Crippen molar-refractivity contribution in [1.29, 1.82) is 0 Å². The molecule has 3 nitrogen and oxygen atoms in total. The maximum absolute atomic E-state index is 12.7. The highest BCUT2D eigenvalue weighted by Crippen LogP contribution is 2.21. The Labute approximate surface area is 101 Å². The zero-order valence-corrected chi connectivity index (χ0v) is 9.43. The van der Waals surface area contributed by atoms with Crippen LogP contribution < -0.4 is 5.32 Å². The fourth-order valence-corrected chi connectivity index (χ4v) is 1.30. The molecule has 7 heteroatoms. The first-order valence-corrected chi connectivity index (χ1v) is 5.35. The van der Waals surface area contributed by atoms with Gasteiger partial charge in [0.25, 0.3) is 5.91 Å². The average Bonchev–Trinajstić information content (AvgIpc) is 2.26. The number of rotatable bonds is 5. The summed E-state index contributed by atoms with van der Waals surface area (Å²) in [5.41, 5.74) is 0.0957. The van der Waals surface area contributed by atoms with Gasteiger partial charge in [0.15, 0.2) is 0 Å². The molecule has 1 aromatic heterocycles. The summed E-state index contributed by atoms with van der Waals surface area (Å²) in [6.45, 7) is 0.124. The second-order valence-electron chi connectivity index (χ2n) is 3.70. The molecule has 18 heavy (non-hydrogen) atoms. The van der Waals surface area contributed by atoms with Gasteiger partial charge in [0.2, 0.25) is 5.95 Å². The minimum absolute atomic E-state index is 0.0471. The first-order chi connectivity index (χ1) is 8.38. The molecular formula is C11H12F4N2O. The molecule has 1 N–H and O–H groups in total. The lowest BCUT2D eigenvalue weighted by Crippen LogP contribution is -2.24. The third-order valence-corrected chi connectivity index (χ3v) is 2.16. The van der Waals surface area contributed by atoms with Gasteiger partial charge in [-0.3, -0.25) is 4.79 Å². The molecule has 0 aliphatic heterocycles. The molecule has 1 amide bonds. The van der Waals surface area contributed by atoms with E-state index in [1.165, 1.54) is 6.07 Å². The summed E-state index contributed by atoms with van der Waals surface area (Å²) in [6, 6.07) is 2.29. The molecule has 1 rings (SSSR count). The Kier molecular flexibility index (Phi) is 5.06. The van der Waals surface area contributed by atoms with Gasteiger partial charge in [-0.1, -0.05) is 0 Å². The van der Waals surface area contributed by atoms with Gasteiger partial charge in [-0.2, -0.15) is 17.6 Å². The quantitative estimate of drug-likeness (QED) is 0.504. The molecule has 0 atom stereocenters. The largest absolute Gasteiger partial charge is 0.389 e. The van der Waals surface area contributed by atoms with Gasteiger partial charge in [0, 0.05) is 30.8 Å². The number of carbonyl (C=O) groups excluding carboxylic acids is 1. The van der Waals surface area contributed by atoms with Crippen molar-refractivity contribution in [1.82, 2.24) is 10.3 Å². The lowest BCUT2D eigenvalue weighted by molar-refractivity contribution is -0.135. The molecule has 0 spiro atoms. The molecule has 0 aliphatic carbocycles. The van der Waals surface area contributed by atoms with Crippen LogP contribution in [0.5, 0.6) is 0 Å². The summed E-state index contributed by atoms with van der Waals surface area (Å²) in [4.78, 5) is 14.7. The number of hydrogen-bond acceptors (Lipinski definition) is 2. The third-order valence-electron chi connectivity index (χ3n) is 2.16. The van der Waals surface area contributed by atoms with Gasteiger partial charge < -0.3 is 5.32 Å². The summed E-state index contributed by atoms with van der Waals surface area (Å²) in [5, 5.41) is 2.41. The molecule has 0 saturated heterocycles. The number of unbranched alkanes of at least 4 members (excludes halogenated alkanes) is 1. The molecular weight excluding hydrogens is 252 g/mol. The Balaban J connectivity index is 2.26. The molecule has 1 aromatic rings. The van der Waals surface area contributed by atoms with Crippen LogP contribution in [0.3, 0.4) is 0 Å². The van der Waals surface area contributed by atoms with E-state index in [9.17, 15) is 22.4 Å². The van der Waals surface area contributed by atoms with Crippen LogP contribution in [-0.4, -0.2) is 23.6 Å². The molecule has 0 saturated carbocycles. The number of aromatic nitrogens is 1. The van der Waals surface area contributed by atoms with E-state index in [0.717, 1.165) is 12.3 Å². The van der Waals surface area contributed by atoms with Gasteiger partial charge in [-0.05, 0) is 18.9 Å². The van der Waals surface area contributed by atoms with E-state index < -0.39 is 24.5 Å². The first-order valence-electron chi connectivity index (χ1n) is 5.35. The van der Waals surface area contributed by atoms with Crippen molar-refractivity contribution >= 4 is 5.91 Å². The van der Waals surface area contributed by atoms with Crippen LogP contribution in [0.2, 0.25) is 0 Å². The van der Waals surface area contributed by atoms with Crippen LogP contribution in [0.15, 0.2) is 18.3 Å². The minimum atomic E-state index is -4.17. The summed E-state index contributed by atoms with van der Waals surface area (Å²) in [7, 11) is 0. The Morgan fingerprint density at radius 3 is 2.67 bits per heavy atom. The number of amides is 1. The predicted molar refractivity (Wildman–Crippen MR) is 56.4 cm³/mol. The van der Waals surface area contributed by atoms with Gasteiger partial charge in [-0.25, -0.2) is 4.98 Å². The van der Waals surface area contributed by atoms with E-state index >= 15 is 0 Å². The summed E-state index contributed by atoms with van der Waals surface area (Å²) in [5.74, 6) is -1.30. The molecule has 100 valence electrons. The molecule has 0 bridgehead atoms. The summed E-state index contributed by atoms with van der Waals surface area (Å²) < 4.78 is 48.1. The molecule has 0 unspecified atom stereocenters. The zero-order chi connectivity index (χ0) is 13.6. The fourth-order valence-electron chi connectivity index (χ4n) is 1.30. The maximum atomic E-state index is 12.7. The highest BCUT2D eigenvalue weighted by Gasteiger charge is 2.25. The van der Waals surface area contributed by atoms with Crippen LogP contribution in [-0.2, 0) is 0 Å². The minimum Gasteiger partial charge on any atom is -0.352 e. The van der Waals surface area contributed by atoms with E-state index in [-0.39, 0.29) is 24.9 Å². The van der Waals surface area contributed by atoms with Gasteiger partial charge in [-0.15, -0.1) is 0 Å². The number of carbonyl (C=O) groups is 1. The van der Waals surface area contributed by atoms with Crippen LogP contribution in [0, 0.1) is 5.95 Å². The average molecular weight is 264 g/mol. The molecule has 1 heterocycles. The highest BCUT2D eigenvalue weighted by molar-refractivity contribution is 5.93. The predicted octanol–water partition coefficient (Wildman–Crippen LogP) is 2.68. The van der Waals surface area contributed by atoms with Crippen molar-refractivity contribution in [3.63, 3.8) is 0 Å². The summed E-state index contributed by atoms with van der Waals surface area (Å²) in [6.07, 6.45) is -3.72. The van der Waals surface area contributed by atoms with Crippen molar-refractivity contribution in [3.8, 4) is 0 Å². The Morgan fingerprint density at radius 2 is 2.06 bits per heavy atom. The molecule has 0 fully saturated rings. The van der Waals surface area contributed by atoms with E-state index in [4.69, 9.17) is 0 Å². The molecule has 0 radical (unpaired) electrons. The van der Waals surface area contributed by atoms with Crippen LogP contribution in [0.25, 0.3) is 0 Å². The first kappa shape index (κ1) is 14.4. The second kappa shape index (κ2) is 6.32. The van der Waals surface area contributed by atoms with Crippen LogP contribution in [0.4, 0.5) is 17.6 Å². The Morgan fingerprint density at radius 1 is 1.33 bits per heavy atom. The number of halogens is 4. The third kappa shape index (κ3) is 5.60. The second-order valence-corrected chi connectivity index (χ2v) is 3.70. The van der Waals surface area contributed by atoms with Crippen LogP contribution in [0.1, 0.15) is 29.6 Å². The number of nitrogens with zero attached hydrogens (tertiary/aromatic N) is 1. The van der Waals surface area contributed by atoms with E-state index in [0.29, 0.717) is 0 Å². The number of alkyl halides is 3. The molecule has 0 aromatic carbocycles. The lowest BCUT2D eigenvalue weighted by atomic mass is 10.2. The Hall–Kier alpha value is -1.66. The SMILES string of the molecule is O=C(NCCCCC(F)(F)F)c1ccnc(F)c1. The highest BCUT2D eigenvalue weighted by atomic mass is 19.4. The van der Waals surface area contributed by atoms with Crippen molar-refractivity contribution in [2.45, 2.75) is 25.4 Å². The van der Waals surface area contributed by atoms with Crippen molar-refractivity contribution in [2.24, 2.45) is 0 Å². The van der Waals surface area contributed by atoms with Crippen molar-refractivity contribution < 1.29 is 22.4 Å². The van der Waals surface area contributed by atoms with E-state index in [1.807, 2.05) is 0 Å². The zero-order valence-electron chi connectivity index (χ0n) is 9.43. The van der Waals surface area contributed by atoms with E-state index in [2.05, 4.69) is 10.3 Å². The topological polar surface area (TPSA) is 42.0 Å². The number of hydrogen-bond donors (Lipinski definition) is 1. The van der Waals surface area contributed by atoms with Gasteiger partial charge in [0.1, 0.15) is 0 Å². The lowest BCUT2D eigenvalue weighted by Gasteiger charge is -2.07. The Bertz CT molecular complexity index is 406. The summed E-state index contributed by atoms with van der Waals surface area (Å²) >= 11 is 0. The number of nitrogens with one attached hydrogen (secondary N) is 1. The normalized spacial score (nSPS) is 11.3. The monoisotopic (exact) mass is 264 g/mol. The molecule has 0 aliphatic rings. The van der Waals surface area contributed by atoms with Crippen molar-refractivity contribution in [2.75, 3.05) is 6.54 Å². The van der Waals surface area contributed by atoms with E-state index in [1.54, 1.807) is 0 Å². The standard InChI is InChI=1S/C11H12F4N2O/c12-9-7-8(3-6-16-9)10(18)17-5-2-1-4-11(13,14)15/h3,6-7H,1-2,4-5H2,(H,17,18). The van der Waals surface area contributed by atoms with Gasteiger partial charge in [0.05, 0.1) is 0 Å². The van der Waals surface area contributed by atoms with Gasteiger partial charge >= 0.3 is 6.18 Å². The maximum Gasteiger partial charge on any atom is 0.389 e. The fraction of sp³-hybridized carbons (Fsp3) is 0.455.